The molecule has 4 rings (SSSR count). The third-order valence-corrected chi connectivity index (χ3v) is 5.58. The number of likely N-dealkylation sites (tertiary alicyclic amines) is 1. The Morgan fingerprint density at radius 1 is 1.06 bits per heavy atom. The molecule has 1 amide bonds. The predicted molar refractivity (Wildman–Crippen MR) is 108 cm³/mol. The number of carboxylic acid groups (broad SMARTS) is 1. The molecule has 0 spiro atoms. The van der Waals surface area contributed by atoms with Gasteiger partial charge >= 0.3 is 12.1 Å². The third kappa shape index (κ3) is 6.10. The van der Waals surface area contributed by atoms with Gasteiger partial charge in [0, 0.05) is 25.7 Å². The molecule has 2 saturated heterocycles. The fourth-order valence-electron chi connectivity index (χ4n) is 4.08. The number of aliphatic carboxylic acids is 1. The summed E-state index contributed by atoms with van der Waals surface area (Å²) < 4.78 is 42.4. The van der Waals surface area contributed by atoms with Crippen molar-refractivity contribution < 1.29 is 37.0 Å². The fraction of sp³-hybridized carbons (Fsp3) is 0.455. The number of rotatable bonds is 4. The van der Waals surface area contributed by atoms with Gasteiger partial charge in [0.2, 0.25) is 0 Å². The second-order valence-corrected chi connectivity index (χ2v) is 7.57. The Kier molecular flexibility index (Phi) is 7.92. The molecule has 7 nitrogen and oxygen atoms in total. The van der Waals surface area contributed by atoms with Crippen molar-refractivity contribution in [3.8, 4) is 0 Å². The number of furan rings is 1. The monoisotopic (exact) mass is 454 g/mol. The van der Waals surface area contributed by atoms with E-state index in [2.05, 4.69) is 29.2 Å². The quantitative estimate of drug-likeness (QED) is 0.765. The summed E-state index contributed by atoms with van der Waals surface area (Å²) in [6.07, 6.45) is -0.0769. The predicted octanol–water partition coefficient (Wildman–Crippen LogP) is 3.07. The fourth-order valence-corrected chi connectivity index (χ4v) is 4.08. The van der Waals surface area contributed by atoms with E-state index in [1.54, 1.807) is 18.6 Å². The topological polar surface area (TPSA) is 83.2 Å². The molecule has 0 radical (unpaired) electrons. The molecule has 0 aliphatic carbocycles. The highest BCUT2D eigenvalue weighted by Gasteiger charge is 2.41. The average molecular weight is 454 g/mol. The van der Waals surface area contributed by atoms with Crippen LogP contribution in [0.2, 0.25) is 0 Å². The first kappa shape index (κ1) is 23.8. The lowest BCUT2D eigenvalue weighted by Gasteiger charge is -2.37. The number of ether oxygens (including phenoxy) is 1. The normalized spacial score (nSPS) is 21.7. The van der Waals surface area contributed by atoms with Gasteiger partial charge in [0.15, 0.2) is 0 Å². The van der Waals surface area contributed by atoms with Crippen LogP contribution in [0, 0.1) is 0 Å². The van der Waals surface area contributed by atoms with Crippen molar-refractivity contribution in [2.24, 2.45) is 0 Å². The van der Waals surface area contributed by atoms with E-state index in [9.17, 15) is 18.0 Å². The van der Waals surface area contributed by atoms with Gasteiger partial charge < -0.3 is 19.2 Å². The Morgan fingerprint density at radius 3 is 2.28 bits per heavy atom. The molecule has 1 aromatic carbocycles. The number of nitrogens with zero attached hydrogens (tertiary/aromatic N) is 2. The second-order valence-electron chi connectivity index (χ2n) is 7.57. The zero-order valence-corrected chi connectivity index (χ0v) is 17.3. The van der Waals surface area contributed by atoms with E-state index in [0.29, 0.717) is 11.6 Å². The van der Waals surface area contributed by atoms with E-state index in [-0.39, 0.29) is 11.9 Å². The average Bonchev–Trinajstić information content (AvgIpc) is 3.45. The maximum absolute atomic E-state index is 13.0. The number of halogens is 3. The van der Waals surface area contributed by atoms with Crippen molar-refractivity contribution in [1.29, 1.82) is 0 Å². The highest BCUT2D eigenvalue weighted by molar-refractivity contribution is 5.94. The van der Waals surface area contributed by atoms with Crippen molar-refractivity contribution in [1.82, 2.24) is 9.80 Å². The van der Waals surface area contributed by atoms with Crippen molar-refractivity contribution in [2.75, 3.05) is 32.8 Å². The maximum atomic E-state index is 13.0. The van der Waals surface area contributed by atoms with Crippen LogP contribution in [-0.2, 0) is 16.0 Å². The molecule has 10 heteroatoms. The Morgan fingerprint density at radius 2 is 1.72 bits per heavy atom. The second kappa shape index (κ2) is 10.6. The molecule has 174 valence electrons. The first-order valence-corrected chi connectivity index (χ1v) is 10.3. The van der Waals surface area contributed by atoms with Gasteiger partial charge in [0.05, 0.1) is 31.1 Å². The van der Waals surface area contributed by atoms with Gasteiger partial charge in [-0.25, -0.2) is 4.79 Å². The Hall–Kier alpha value is -2.85. The minimum absolute atomic E-state index is 0.0745. The summed E-state index contributed by atoms with van der Waals surface area (Å²) in [6.45, 7) is 4.26. The number of carbonyl (C=O) groups is 2. The van der Waals surface area contributed by atoms with Crippen LogP contribution in [0.15, 0.2) is 53.3 Å². The first-order valence-electron chi connectivity index (χ1n) is 10.3. The highest BCUT2D eigenvalue weighted by Crippen LogP contribution is 2.28. The van der Waals surface area contributed by atoms with Gasteiger partial charge in [-0.05, 0) is 24.5 Å². The van der Waals surface area contributed by atoms with Crippen LogP contribution in [0.5, 0.6) is 0 Å². The molecule has 2 aliphatic heterocycles. The van der Waals surface area contributed by atoms with Gasteiger partial charge in [-0.3, -0.25) is 9.69 Å². The SMILES string of the molecule is O=C(O)C(F)(F)F.O=C(c1ccoc1)N1CC[C@@H](N2CCOCC2)[C@@H]1Cc1ccccc1. The van der Waals surface area contributed by atoms with E-state index < -0.39 is 12.1 Å². The van der Waals surface area contributed by atoms with Crippen molar-refractivity contribution in [3.63, 3.8) is 0 Å². The van der Waals surface area contributed by atoms with Crippen LogP contribution in [0.25, 0.3) is 0 Å². The van der Waals surface area contributed by atoms with Crippen molar-refractivity contribution in [3.05, 3.63) is 60.1 Å². The van der Waals surface area contributed by atoms with E-state index in [1.165, 1.54) is 5.56 Å². The van der Waals surface area contributed by atoms with Gasteiger partial charge in [-0.2, -0.15) is 13.2 Å². The lowest BCUT2D eigenvalue weighted by Crippen LogP contribution is -2.51. The minimum Gasteiger partial charge on any atom is -0.475 e. The van der Waals surface area contributed by atoms with Gasteiger partial charge in [-0.1, -0.05) is 30.3 Å². The minimum atomic E-state index is -5.08. The van der Waals surface area contributed by atoms with Gasteiger partial charge in [0.1, 0.15) is 6.26 Å². The molecule has 0 saturated carbocycles. The zero-order chi connectivity index (χ0) is 23.1. The highest BCUT2D eigenvalue weighted by atomic mass is 19.4. The summed E-state index contributed by atoms with van der Waals surface area (Å²) in [5, 5.41) is 7.12. The number of morpholine rings is 1. The number of amides is 1. The van der Waals surface area contributed by atoms with Crippen LogP contribution < -0.4 is 0 Å². The lowest BCUT2D eigenvalue weighted by atomic mass is 9.98. The molecule has 0 bridgehead atoms. The number of alkyl halides is 3. The molecule has 0 unspecified atom stereocenters. The summed E-state index contributed by atoms with van der Waals surface area (Å²) in [6, 6.07) is 12.8. The molecule has 2 atom stereocenters. The van der Waals surface area contributed by atoms with Gasteiger partial charge in [0.25, 0.3) is 5.91 Å². The largest absolute Gasteiger partial charge is 0.490 e. The molecular formula is C22H25F3N2O5. The number of benzene rings is 1. The molecular weight excluding hydrogens is 429 g/mol. The summed E-state index contributed by atoms with van der Waals surface area (Å²) in [5.41, 5.74) is 1.92. The Labute approximate surface area is 183 Å². The third-order valence-electron chi connectivity index (χ3n) is 5.58. The molecule has 32 heavy (non-hydrogen) atoms. The van der Waals surface area contributed by atoms with E-state index >= 15 is 0 Å². The molecule has 2 aromatic rings. The Balaban J connectivity index is 0.000000360. The lowest BCUT2D eigenvalue weighted by molar-refractivity contribution is -0.192. The van der Waals surface area contributed by atoms with E-state index in [1.807, 2.05) is 11.0 Å². The van der Waals surface area contributed by atoms with Crippen molar-refractivity contribution >= 4 is 11.9 Å². The summed E-state index contributed by atoms with van der Waals surface area (Å²) in [4.78, 5) is 26.4. The summed E-state index contributed by atoms with van der Waals surface area (Å²) in [7, 11) is 0. The van der Waals surface area contributed by atoms with Crippen LogP contribution in [-0.4, -0.2) is 77.9 Å². The molecule has 1 aromatic heterocycles. The van der Waals surface area contributed by atoms with Crippen LogP contribution in [0.3, 0.4) is 0 Å². The van der Waals surface area contributed by atoms with E-state index in [4.69, 9.17) is 19.1 Å². The standard InChI is InChI=1S/C20H24N2O3.C2HF3O2/c23-20(17-7-11-25-15-17)22-8-6-18(21-9-12-24-13-10-21)19(22)14-16-4-2-1-3-5-16;3-2(4,5)1(6)7/h1-5,7,11,15,18-19H,6,8-10,12-14H2;(H,6,7)/t18-,19+;/m1./s1. The smallest absolute Gasteiger partial charge is 0.475 e. The molecule has 1 N–H and O–H groups in total. The molecule has 2 aliphatic rings. The number of carboxylic acids is 1. The Bertz CT molecular complexity index is 867. The maximum Gasteiger partial charge on any atom is 0.490 e. The first-order chi connectivity index (χ1) is 15.3. The zero-order valence-electron chi connectivity index (χ0n) is 17.3. The summed E-state index contributed by atoms with van der Waals surface area (Å²) in [5.74, 6) is -2.68. The van der Waals surface area contributed by atoms with E-state index in [0.717, 1.165) is 45.7 Å². The number of carbonyl (C=O) groups excluding carboxylic acids is 1. The van der Waals surface area contributed by atoms with Gasteiger partial charge in [-0.15, -0.1) is 0 Å². The summed E-state index contributed by atoms with van der Waals surface area (Å²) >= 11 is 0. The molecule has 2 fully saturated rings. The van der Waals surface area contributed by atoms with Crippen LogP contribution in [0.4, 0.5) is 13.2 Å². The number of hydrogen-bond donors (Lipinski definition) is 1. The van der Waals surface area contributed by atoms with Crippen LogP contribution >= 0.6 is 0 Å². The number of hydrogen-bond acceptors (Lipinski definition) is 5. The van der Waals surface area contributed by atoms with Crippen LogP contribution in [0.1, 0.15) is 22.3 Å². The van der Waals surface area contributed by atoms with Crippen molar-refractivity contribution in [2.45, 2.75) is 31.1 Å². The molecule has 3 heterocycles.